The lowest BCUT2D eigenvalue weighted by atomic mass is 9.97. The van der Waals surface area contributed by atoms with E-state index in [0.29, 0.717) is 6.42 Å². The van der Waals surface area contributed by atoms with E-state index in [9.17, 15) is 18.0 Å². The summed E-state index contributed by atoms with van der Waals surface area (Å²) in [5.41, 5.74) is 0.780. The maximum atomic E-state index is 13.1. The highest BCUT2D eigenvalue weighted by Gasteiger charge is 2.46. The number of nitrogens with one attached hydrogen (secondary N) is 1. The average Bonchev–Trinajstić information content (AvgIpc) is 2.38. The van der Waals surface area contributed by atoms with Gasteiger partial charge in [-0.3, -0.25) is 14.7 Å². The third-order valence-electron chi connectivity index (χ3n) is 3.60. The molecule has 0 spiro atoms. The molecule has 21 heavy (non-hydrogen) atoms. The number of pyridine rings is 1. The molecule has 1 N–H and O–H groups in total. The molecule has 0 saturated carbocycles. The number of piperidine rings is 1. The first-order valence-corrected chi connectivity index (χ1v) is 6.83. The summed E-state index contributed by atoms with van der Waals surface area (Å²) < 4.78 is 39.4. The van der Waals surface area contributed by atoms with Crippen LogP contribution in [-0.4, -0.2) is 40.6 Å². The highest BCUT2D eigenvalue weighted by atomic mass is 19.4. The maximum absolute atomic E-state index is 13.1. The van der Waals surface area contributed by atoms with Crippen LogP contribution in [0.4, 0.5) is 13.2 Å². The maximum Gasteiger partial charge on any atom is 0.404 e. The fraction of sp³-hybridized carbons (Fsp3) is 0.571. The summed E-state index contributed by atoms with van der Waals surface area (Å²) in [7, 11) is 0. The summed E-state index contributed by atoms with van der Waals surface area (Å²) in [6.45, 7) is 1.78. The first-order valence-electron chi connectivity index (χ1n) is 6.83. The predicted molar refractivity (Wildman–Crippen MR) is 71.3 cm³/mol. The zero-order chi connectivity index (χ0) is 15.5. The second kappa shape index (κ2) is 6.43. The van der Waals surface area contributed by atoms with Crippen molar-refractivity contribution in [3.05, 3.63) is 30.1 Å². The van der Waals surface area contributed by atoms with Crippen molar-refractivity contribution >= 4 is 5.91 Å². The lowest BCUT2D eigenvalue weighted by molar-refractivity contribution is -0.194. The molecule has 0 bridgehead atoms. The Morgan fingerprint density at radius 1 is 1.38 bits per heavy atom. The van der Waals surface area contributed by atoms with Gasteiger partial charge in [0.15, 0.2) is 0 Å². The van der Waals surface area contributed by atoms with Gasteiger partial charge in [0.2, 0.25) is 5.91 Å². The van der Waals surface area contributed by atoms with Crippen molar-refractivity contribution < 1.29 is 18.0 Å². The van der Waals surface area contributed by atoms with Crippen molar-refractivity contribution in [1.29, 1.82) is 0 Å². The van der Waals surface area contributed by atoms with Crippen LogP contribution < -0.4 is 5.32 Å². The Morgan fingerprint density at radius 2 is 2.05 bits per heavy atom. The molecule has 0 unspecified atom stereocenters. The van der Waals surface area contributed by atoms with Gasteiger partial charge in [-0.25, -0.2) is 0 Å². The van der Waals surface area contributed by atoms with Crippen molar-refractivity contribution in [1.82, 2.24) is 15.2 Å². The van der Waals surface area contributed by atoms with E-state index in [1.807, 2.05) is 0 Å². The van der Waals surface area contributed by atoms with Gasteiger partial charge < -0.3 is 5.32 Å². The highest BCUT2D eigenvalue weighted by Crippen LogP contribution is 2.32. The Bertz CT molecular complexity index is 478. The Labute approximate surface area is 121 Å². The van der Waals surface area contributed by atoms with Crippen LogP contribution in [0.25, 0.3) is 0 Å². The van der Waals surface area contributed by atoms with Crippen molar-refractivity contribution in [2.45, 2.75) is 44.6 Å². The minimum absolute atomic E-state index is 0.000466. The van der Waals surface area contributed by atoms with Gasteiger partial charge in [-0.2, -0.15) is 13.2 Å². The lowest BCUT2D eigenvalue weighted by Gasteiger charge is -2.40. The summed E-state index contributed by atoms with van der Waals surface area (Å²) in [4.78, 5) is 16.3. The van der Waals surface area contributed by atoms with E-state index >= 15 is 0 Å². The number of alkyl halides is 3. The number of aromatic nitrogens is 1. The first-order chi connectivity index (χ1) is 9.86. The van der Waals surface area contributed by atoms with Gasteiger partial charge in [0.25, 0.3) is 0 Å². The third kappa shape index (κ3) is 4.42. The molecule has 1 aliphatic rings. The number of halogens is 3. The molecule has 1 amide bonds. The highest BCUT2D eigenvalue weighted by molar-refractivity contribution is 5.73. The number of hydrogen-bond donors (Lipinski definition) is 1. The summed E-state index contributed by atoms with van der Waals surface area (Å²) >= 11 is 0. The van der Waals surface area contributed by atoms with Crippen molar-refractivity contribution in [2.75, 3.05) is 6.54 Å². The monoisotopic (exact) mass is 301 g/mol. The molecule has 4 nitrogen and oxygen atoms in total. The Balaban J connectivity index is 2.11. The first kappa shape index (κ1) is 15.8. The molecule has 0 aromatic carbocycles. The fourth-order valence-electron chi connectivity index (χ4n) is 2.72. The minimum Gasteiger partial charge on any atom is -0.352 e. The Hall–Kier alpha value is -1.63. The molecule has 7 heteroatoms. The normalized spacial score (nSPS) is 23.8. The van der Waals surface area contributed by atoms with Crippen LogP contribution in [0.2, 0.25) is 0 Å². The van der Waals surface area contributed by atoms with Crippen LogP contribution in [0.3, 0.4) is 0 Å². The molecule has 0 radical (unpaired) electrons. The standard InChI is InChI=1S/C14H18F3N3O/c1-10(21)19-12-2-3-13(14(15,16)17)20(9-12)8-11-4-6-18-7-5-11/h4-7,12-13H,2-3,8-9H2,1H3,(H,19,21)/t12-,13-/m0/s1. The minimum atomic E-state index is -4.26. The van der Waals surface area contributed by atoms with Gasteiger partial charge in [0.05, 0.1) is 0 Å². The van der Waals surface area contributed by atoms with Gasteiger partial charge in [-0.15, -0.1) is 0 Å². The third-order valence-corrected chi connectivity index (χ3v) is 3.60. The quantitative estimate of drug-likeness (QED) is 0.930. The second-order valence-corrected chi connectivity index (χ2v) is 5.32. The van der Waals surface area contributed by atoms with Crippen LogP contribution in [0.15, 0.2) is 24.5 Å². The SMILES string of the molecule is CC(=O)N[C@H]1CC[C@@H](C(F)(F)F)N(Cc2ccncc2)C1. The summed E-state index contributed by atoms with van der Waals surface area (Å²) in [6, 6.07) is 1.71. The number of carbonyl (C=O) groups excluding carboxylic acids is 1. The molecule has 2 rings (SSSR count). The molecule has 1 aliphatic heterocycles. The Kier molecular flexibility index (Phi) is 4.82. The molecule has 1 aromatic heterocycles. The number of amides is 1. The van der Waals surface area contributed by atoms with E-state index in [1.54, 1.807) is 24.5 Å². The van der Waals surface area contributed by atoms with Crippen molar-refractivity contribution in [3.63, 3.8) is 0 Å². The van der Waals surface area contributed by atoms with Crippen LogP contribution in [0.5, 0.6) is 0 Å². The predicted octanol–water partition coefficient (Wildman–Crippen LogP) is 2.11. The Morgan fingerprint density at radius 3 is 2.62 bits per heavy atom. The smallest absolute Gasteiger partial charge is 0.352 e. The van der Waals surface area contributed by atoms with Gasteiger partial charge in [0.1, 0.15) is 6.04 Å². The molecule has 1 fully saturated rings. The fourth-order valence-corrected chi connectivity index (χ4v) is 2.72. The van der Waals surface area contributed by atoms with Crippen LogP contribution in [0, 0.1) is 0 Å². The molecular formula is C14H18F3N3O. The molecule has 2 heterocycles. The molecular weight excluding hydrogens is 283 g/mol. The van der Waals surface area contributed by atoms with E-state index < -0.39 is 12.2 Å². The lowest BCUT2D eigenvalue weighted by Crippen LogP contribution is -2.55. The van der Waals surface area contributed by atoms with E-state index in [2.05, 4.69) is 10.3 Å². The topological polar surface area (TPSA) is 45.2 Å². The van der Waals surface area contributed by atoms with Crippen molar-refractivity contribution in [3.8, 4) is 0 Å². The van der Waals surface area contributed by atoms with E-state index in [4.69, 9.17) is 0 Å². The average molecular weight is 301 g/mol. The molecule has 1 aromatic rings. The summed E-state index contributed by atoms with van der Waals surface area (Å²) in [5.74, 6) is -0.214. The number of carbonyl (C=O) groups is 1. The van der Waals surface area contributed by atoms with Crippen LogP contribution in [0.1, 0.15) is 25.3 Å². The number of hydrogen-bond acceptors (Lipinski definition) is 3. The molecule has 2 atom stereocenters. The zero-order valence-electron chi connectivity index (χ0n) is 11.7. The van der Waals surface area contributed by atoms with Gasteiger partial charge in [-0.05, 0) is 30.5 Å². The summed E-state index contributed by atoms with van der Waals surface area (Å²) in [6.07, 6.45) is -0.787. The number of nitrogens with zero attached hydrogens (tertiary/aromatic N) is 2. The molecule has 116 valence electrons. The van der Waals surface area contributed by atoms with Crippen molar-refractivity contribution in [2.24, 2.45) is 0 Å². The van der Waals surface area contributed by atoms with Gasteiger partial charge >= 0.3 is 6.18 Å². The summed E-state index contributed by atoms with van der Waals surface area (Å²) in [5, 5.41) is 2.71. The van der Waals surface area contributed by atoms with E-state index in [0.717, 1.165) is 5.56 Å². The van der Waals surface area contributed by atoms with Crippen LogP contribution in [-0.2, 0) is 11.3 Å². The molecule has 1 saturated heterocycles. The van der Waals surface area contributed by atoms with Gasteiger partial charge in [0, 0.05) is 38.4 Å². The number of rotatable bonds is 3. The van der Waals surface area contributed by atoms with Crippen LogP contribution >= 0.6 is 0 Å². The second-order valence-electron chi connectivity index (χ2n) is 5.32. The molecule has 0 aliphatic carbocycles. The zero-order valence-corrected chi connectivity index (χ0v) is 11.7. The van der Waals surface area contributed by atoms with E-state index in [1.165, 1.54) is 11.8 Å². The number of likely N-dealkylation sites (tertiary alicyclic amines) is 1. The van der Waals surface area contributed by atoms with E-state index in [-0.39, 0.29) is 31.5 Å². The largest absolute Gasteiger partial charge is 0.404 e. The van der Waals surface area contributed by atoms with Gasteiger partial charge in [-0.1, -0.05) is 0 Å².